The van der Waals surface area contributed by atoms with Gasteiger partial charge in [-0.15, -0.1) is 0 Å². The summed E-state index contributed by atoms with van der Waals surface area (Å²) in [5.74, 6) is -0.129. The second-order valence-electron chi connectivity index (χ2n) is 3.96. The zero-order valence-corrected chi connectivity index (χ0v) is 9.90. The number of carbonyl (C=O) groups is 1. The van der Waals surface area contributed by atoms with Gasteiger partial charge in [0, 0.05) is 18.1 Å². The van der Waals surface area contributed by atoms with E-state index < -0.39 is 0 Å². The van der Waals surface area contributed by atoms with E-state index >= 15 is 0 Å². The second kappa shape index (κ2) is 4.78. The monoisotopic (exact) mass is 226 g/mol. The molecule has 17 heavy (non-hydrogen) atoms. The van der Waals surface area contributed by atoms with E-state index in [0.29, 0.717) is 5.56 Å². The lowest BCUT2D eigenvalue weighted by Gasteiger charge is -2.11. The third-order valence-corrected chi connectivity index (χ3v) is 2.64. The van der Waals surface area contributed by atoms with Crippen LogP contribution in [0.15, 0.2) is 42.7 Å². The highest BCUT2D eigenvalue weighted by molar-refractivity contribution is 6.04. The maximum absolute atomic E-state index is 12.0. The number of pyridine rings is 1. The molecule has 2 aromatic rings. The molecule has 0 radical (unpaired) electrons. The third kappa shape index (κ3) is 2.50. The lowest BCUT2D eigenvalue weighted by molar-refractivity contribution is 0.102. The zero-order valence-electron chi connectivity index (χ0n) is 9.90. The summed E-state index contributed by atoms with van der Waals surface area (Å²) in [4.78, 5) is 15.9. The molecule has 86 valence electrons. The van der Waals surface area contributed by atoms with Crippen molar-refractivity contribution in [2.45, 2.75) is 13.8 Å². The summed E-state index contributed by atoms with van der Waals surface area (Å²) in [6.07, 6.45) is 3.21. The molecule has 0 fully saturated rings. The highest BCUT2D eigenvalue weighted by atomic mass is 16.1. The predicted octanol–water partition coefficient (Wildman–Crippen LogP) is 2.95. The number of anilines is 1. The average Bonchev–Trinajstić information content (AvgIpc) is 2.35. The van der Waals surface area contributed by atoms with Crippen LogP contribution in [0.2, 0.25) is 0 Å². The van der Waals surface area contributed by atoms with Crippen molar-refractivity contribution in [2.24, 2.45) is 0 Å². The molecule has 0 aliphatic carbocycles. The number of hydrogen-bond donors (Lipinski definition) is 1. The molecule has 0 aliphatic heterocycles. The smallest absolute Gasteiger partial charge is 0.257 e. The Labute approximate surface area is 101 Å². The molecule has 3 heteroatoms. The standard InChI is InChI=1S/C14H14N2O/c1-10-5-3-6-11(2)13(10)16-14(17)12-7-4-8-15-9-12/h3-9H,1-2H3,(H,16,17). The van der Waals surface area contributed by atoms with Gasteiger partial charge in [-0.2, -0.15) is 0 Å². The van der Waals surface area contributed by atoms with Crippen molar-refractivity contribution in [3.63, 3.8) is 0 Å². The minimum atomic E-state index is -0.129. The van der Waals surface area contributed by atoms with Crippen LogP contribution >= 0.6 is 0 Å². The summed E-state index contributed by atoms with van der Waals surface area (Å²) in [6, 6.07) is 9.43. The van der Waals surface area contributed by atoms with Crippen LogP contribution in [0.1, 0.15) is 21.5 Å². The van der Waals surface area contributed by atoms with E-state index in [2.05, 4.69) is 10.3 Å². The van der Waals surface area contributed by atoms with Gasteiger partial charge in [0.2, 0.25) is 0 Å². The quantitative estimate of drug-likeness (QED) is 0.855. The first-order valence-corrected chi connectivity index (χ1v) is 5.46. The van der Waals surface area contributed by atoms with Crippen LogP contribution < -0.4 is 5.32 Å². The van der Waals surface area contributed by atoms with Crippen LogP contribution in [0.4, 0.5) is 5.69 Å². The van der Waals surface area contributed by atoms with E-state index in [4.69, 9.17) is 0 Å². The molecule has 1 amide bonds. The normalized spacial score (nSPS) is 10.0. The van der Waals surface area contributed by atoms with Crippen molar-refractivity contribution >= 4 is 11.6 Å². The number of aryl methyl sites for hydroxylation is 2. The first kappa shape index (κ1) is 11.3. The average molecular weight is 226 g/mol. The number of benzene rings is 1. The Bertz CT molecular complexity index is 515. The van der Waals surface area contributed by atoms with E-state index in [0.717, 1.165) is 16.8 Å². The molecule has 3 nitrogen and oxygen atoms in total. The predicted molar refractivity (Wildman–Crippen MR) is 68.1 cm³/mol. The molecule has 0 saturated heterocycles. The molecule has 1 N–H and O–H groups in total. The van der Waals surface area contributed by atoms with E-state index in [-0.39, 0.29) is 5.91 Å². The zero-order chi connectivity index (χ0) is 12.3. The number of amides is 1. The van der Waals surface area contributed by atoms with Crippen molar-refractivity contribution in [2.75, 3.05) is 5.32 Å². The number of nitrogens with one attached hydrogen (secondary N) is 1. The molecule has 1 heterocycles. The van der Waals surface area contributed by atoms with Gasteiger partial charge >= 0.3 is 0 Å². The highest BCUT2D eigenvalue weighted by Gasteiger charge is 2.08. The number of para-hydroxylation sites is 1. The summed E-state index contributed by atoms with van der Waals surface area (Å²) in [5.41, 5.74) is 3.56. The van der Waals surface area contributed by atoms with Gasteiger partial charge < -0.3 is 5.32 Å². The molecule has 0 saturated carbocycles. The Morgan fingerprint density at radius 1 is 1.12 bits per heavy atom. The molecule has 0 atom stereocenters. The van der Waals surface area contributed by atoms with Crippen LogP contribution in [0.3, 0.4) is 0 Å². The summed E-state index contributed by atoms with van der Waals surface area (Å²) < 4.78 is 0. The van der Waals surface area contributed by atoms with Crippen LogP contribution in [-0.2, 0) is 0 Å². The molecule has 0 spiro atoms. The van der Waals surface area contributed by atoms with Crippen molar-refractivity contribution in [1.29, 1.82) is 0 Å². The van der Waals surface area contributed by atoms with Gasteiger partial charge in [-0.3, -0.25) is 9.78 Å². The van der Waals surface area contributed by atoms with E-state index in [1.165, 1.54) is 0 Å². The molecule has 1 aromatic carbocycles. The number of hydrogen-bond acceptors (Lipinski definition) is 2. The van der Waals surface area contributed by atoms with Crippen LogP contribution in [0.25, 0.3) is 0 Å². The molecule has 0 bridgehead atoms. The molecule has 2 rings (SSSR count). The fourth-order valence-electron chi connectivity index (χ4n) is 1.69. The fourth-order valence-corrected chi connectivity index (χ4v) is 1.69. The Kier molecular flexibility index (Phi) is 3.19. The van der Waals surface area contributed by atoms with Gasteiger partial charge in [0.1, 0.15) is 0 Å². The van der Waals surface area contributed by atoms with E-state index in [1.54, 1.807) is 24.5 Å². The maximum atomic E-state index is 12.0. The summed E-state index contributed by atoms with van der Waals surface area (Å²) >= 11 is 0. The summed E-state index contributed by atoms with van der Waals surface area (Å²) in [5, 5.41) is 2.92. The van der Waals surface area contributed by atoms with E-state index in [1.807, 2.05) is 32.0 Å². The van der Waals surface area contributed by atoms with Gasteiger partial charge in [0.25, 0.3) is 5.91 Å². The minimum Gasteiger partial charge on any atom is -0.321 e. The van der Waals surface area contributed by atoms with Gasteiger partial charge in [-0.25, -0.2) is 0 Å². The Hall–Kier alpha value is -2.16. The van der Waals surface area contributed by atoms with Crippen molar-refractivity contribution in [3.8, 4) is 0 Å². The Morgan fingerprint density at radius 2 is 1.82 bits per heavy atom. The fraction of sp³-hybridized carbons (Fsp3) is 0.143. The number of carbonyl (C=O) groups excluding carboxylic acids is 1. The summed E-state index contributed by atoms with van der Waals surface area (Å²) in [7, 11) is 0. The van der Waals surface area contributed by atoms with Crippen molar-refractivity contribution in [3.05, 3.63) is 59.4 Å². The SMILES string of the molecule is Cc1cccc(C)c1NC(=O)c1cccnc1. The van der Waals surface area contributed by atoms with Gasteiger partial charge in [-0.05, 0) is 37.1 Å². The lowest BCUT2D eigenvalue weighted by atomic mass is 10.1. The third-order valence-electron chi connectivity index (χ3n) is 2.64. The van der Waals surface area contributed by atoms with E-state index in [9.17, 15) is 4.79 Å². The second-order valence-corrected chi connectivity index (χ2v) is 3.96. The van der Waals surface area contributed by atoms with Gasteiger partial charge in [0.05, 0.1) is 5.56 Å². The molecule has 0 aliphatic rings. The van der Waals surface area contributed by atoms with Crippen LogP contribution in [0.5, 0.6) is 0 Å². The number of nitrogens with zero attached hydrogens (tertiary/aromatic N) is 1. The van der Waals surface area contributed by atoms with Gasteiger partial charge in [-0.1, -0.05) is 18.2 Å². The van der Waals surface area contributed by atoms with Crippen LogP contribution in [0, 0.1) is 13.8 Å². The van der Waals surface area contributed by atoms with Crippen molar-refractivity contribution in [1.82, 2.24) is 4.98 Å². The van der Waals surface area contributed by atoms with Crippen molar-refractivity contribution < 1.29 is 4.79 Å². The van der Waals surface area contributed by atoms with Gasteiger partial charge in [0.15, 0.2) is 0 Å². The topological polar surface area (TPSA) is 42.0 Å². The number of rotatable bonds is 2. The molecule has 1 aromatic heterocycles. The minimum absolute atomic E-state index is 0.129. The Morgan fingerprint density at radius 3 is 2.41 bits per heavy atom. The first-order valence-electron chi connectivity index (χ1n) is 5.46. The molecular weight excluding hydrogens is 212 g/mol. The lowest BCUT2D eigenvalue weighted by Crippen LogP contribution is -2.13. The van der Waals surface area contributed by atoms with Crippen LogP contribution in [-0.4, -0.2) is 10.9 Å². The maximum Gasteiger partial charge on any atom is 0.257 e. The largest absolute Gasteiger partial charge is 0.321 e. The molecule has 0 unspecified atom stereocenters. The number of aromatic nitrogens is 1. The molecular formula is C14H14N2O. The highest BCUT2D eigenvalue weighted by Crippen LogP contribution is 2.20. The summed E-state index contributed by atoms with van der Waals surface area (Å²) in [6.45, 7) is 3.96. The Balaban J connectivity index is 2.25. The first-order chi connectivity index (χ1) is 8.18.